The van der Waals surface area contributed by atoms with Crippen molar-refractivity contribution in [3.05, 3.63) is 68.2 Å². The van der Waals surface area contributed by atoms with E-state index in [0.29, 0.717) is 12.1 Å². The second-order valence-electron chi connectivity index (χ2n) is 5.89. The molecule has 2 atom stereocenters. The van der Waals surface area contributed by atoms with Crippen molar-refractivity contribution < 1.29 is 14.3 Å². The van der Waals surface area contributed by atoms with Gasteiger partial charge in [-0.05, 0) is 17.7 Å². The Hall–Kier alpha value is -2.78. The van der Waals surface area contributed by atoms with E-state index in [1.54, 1.807) is 24.3 Å². The van der Waals surface area contributed by atoms with Crippen molar-refractivity contribution in [2.24, 2.45) is 5.73 Å². The van der Waals surface area contributed by atoms with E-state index in [1.807, 2.05) is 4.98 Å². The van der Waals surface area contributed by atoms with Crippen LogP contribution in [-0.4, -0.2) is 44.7 Å². The van der Waals surface area contributed by atoms with E-state index in [4.69, 9.17) is 5.73 Å². The highest BCUT2D eigenvalue weighted by atomic mass is 19.1. The lowest BCUT2D eigenvalue weighted by atomic mass is 10.1. The quantitative estimate of drug-likeness (QED) is 0.670. The average molecular weight is 348 g/mol. The molecule has 1 amide bonds. The van der Waals surface area contributed by atoms with Crippen molar-refractivity contribution in [2.45, 2.75) is 18.7 Å². The minimum atomic E-state index is -1.13. The molecular weight excluding hydrogens is 331 g/mol. The second-order valence-corrected chi connectivity index (χ2v) is 5.89. The molecule has 0 bridgehead atoms. The number of benzene rings is 1. The van der Waals surface area contributed by atoms with Gasteiger partial charge in [-0.15, -0.1) is 0 Å². The van der Waals surface area contributed by atoms with E-state index in [1.165, 1.54) is 4.90 Å². The molecule has 1 saturated heterocycles. The van der Waals surface area contributed by atoms with Gasteiger partial charge < -0.3 is 15.7 Å². The molecule has 2 heterocycles. The van der Waals surface area contributed by atoms with Crippen LogP contribution in [0.4, 0.5) is 4.39 Å². The monoisotopic (exact) mass is 348 g/mol. The van der Waals surface area contributed by atoms with Crippen molar-refractivity contribution in [1.82, 2.24) is 14.5 Å². The summed E-state index contributed by atoms with van der Waals surface area (Å²) in [5.74, 6) is -1.45. The van der Waals surface area contributed by atoms with Crippen LogP contribution in [0.25, 0.3) is 0 Å². The van der Waals surface area contributed by atoms with Crippen LogP contribution >= 0.6 is 0 Å². The number of halogens is 1. The first-order chi connectivity index (χ1) is 11.9. The van der Waals surface area contributed by atoms with Gasteiger partial charge in [0.15, 0.2) is 0 Å². The second kappa shape index (κ2) is 6.61. The zero-order chi connectivity index (χ0) is 18.1. The standard InChI is InChI=1S/C16H17FN4O4/c17-11-6-21(16(25)19-14(11)23)12-7-20(8-13(12)22)15(24)10-3-1-9(5-18)2-4-10/h1-4,6,12-13,22H,5,7-8,18H2,(H,19,23,25)/t12-,13-/m1/s1. The lowest BCUT2D eigenvalue weighted by Gasteiger charge is -2.17. The Kier molecular flexibility index (Phi) is 4.51. The van der Waals surface area contributed by atoms with Gasteiger partial charge in [0.1, 0.15) is 0 Å². The van der Waals surface area contributed by atoms with Crippen LogP contribution in [0.3, 0.4) is 0 Å². The maximum atomic E-state index is 13.5. The maximum absolute atomic E-state index is 13.5. The number of nitrogens with two attached hydrogens (primary N) is 1. The van der Waals surface area contributed by atoms with Crippen LogP contribution in [-0.2, 0) is 6.54 Å². The number of nitrogens with zero attached hydrogens (tertiary/aromatic N) is 2. The highest BCUT2D eigenvalue weighted by molar-refractivity contribution is 5.94. The van der Waals surface area contributed by atoms with E-state index >= 15 is 0 Å². The van der Waals surface area contributed by atoms with Crippen LogP contribution in [0.2, 0.25) is 0 Å². The van der Waals surface area contributed by atoms with Gasteiger partial charge in [-0.3, -0.25) is 19.1 Å². The predicted octanol–water partition coefficient (Wildman–Crippen LogP) is -0.808. The number of carbonyl (C=O) groups is 1. The lowest BCUT2D eigenvalue weighted by Crippen LogP contribution is -2.37. The van der Waals surface area contributed by atoms with Gasteiger partial charge in [0, 0.05) is 25.2 Å². The fourth-order valence-electron chi connectivity index (χ4n) is 2.88. The van der Waals surface area contributed by atoms with Crippen molar-refractivity contribution in [3.63, 3.8) is 0 Å². The number of H-pyrrole nitrogens is 1. The molecule has 1 fully saturated rings. The fourth-order valence-corrected chi connectivity index (χ4v) is 2.88. The molecule has 8 nitrogen and oxygen atoms in total. The number of likely N-dealkylation sites (tertiary alicyclic amines) is 1. The molecule has 9 heteroatoms. The minimum Gasteiger partial charge on any atom is -0.389 e. The zero-order valence-electron chi connectivity index (χ0n) is 13.2. The molecule has 0 spiro atoms. The van der Waals surface area contributed by atoms with Gasteiger partial charge in [-0.1, -0.05) is 12.1 Å². The third kappa shape index (κ3) is 3.24. The van der Waals surface area contributed by atoms with Crippen molar-refractivity contribution >= 4 is 5.91 Å². The summed E-state index contributed by atoms with van der Waals surface area (Å²) in [6, 6.07) is 5.90. The lowest BCUT2D eigenvalue weighted by molar-refractivity contribution is 0.0764. The van der Waals surface area contributed by atoms with Crippen molar-refractivity contribution in [2.75, 3.05) is 13.1 Å². The van der Waals surface area contributed by atoms with Crippen LogP contribution < -0.4 is 17.0 Å². The minimum absolute atomic E-state index is 0.00464. The number of aromatic nitrogens is 2. The number of carbonyl (C=O) groups excluding carboxylic acids is 1. The Bertz CT molecular complexity index is 906. The molecule has 132 valence electrons. The van der Waals surface area contributed by atoms with E-state index in [2.05, 4.69) is 0 Å². The molecule has 0 radical (unpaired) electrons. The number of hydrogen-bond donors (Lipinski definition) is 3. The van der Waals surface area contributed by atoms with Crippen molar-refractivity contribution in [1.29, 1.82) is 0 Å². The predicted molar refractivity (Wildman–Crippen MR) is 86.6 cm³/mol. The van der Waals surface area contributed by atoms with Crippen LogP contribution in [0.5, 0.6) is 0 Å². The summed E-state index contributed by atoms with van der Waals surface area (Å²) in [4.78, 5) is 38.7. The Morgan fingerprint density at radius 2 is 1.96 bits per heavy atom. The fraction of sp³-hybridized carbons (Fsp3) is 0.312. The first-order valence-corrected chi connectivity index (χ1v) is 7.68. The molecule has 1 aromatic carbocycles. The molecule has 0 saturated carbocycles. The average Bonchev–Trinajstić information content (AvgIpc) is 2.99. The van der Waals surface area contributed by atoms with Gasteiger partial charge >= 0.3 is 5.69 Å². The third-order valence-electron chi connectivity index (χ3n) is 4.26. The molecule has 1 aromatic heterocycles. The molecular formula is C16H17FN4O4. The Morgan fingerprint density at radius 1 is 1.28 bits per heavy atom. The van der Waals surface area contributed by atoms with Crippen LogP contribution in [0.1, 0.15) is 22.0 Å². The molecule has 0 unspecified atom stereocenters. The molecule has 3 rings (SSSR count). The van der Waals surface area contributed by atoms with Gasteiger partial charge in [0.25, 0.3) is 11.5 Å². The maximum Gasteiger partial charge on any atom is 0.328 e. The molecule has 2 aromatic rings. The highest BCUT2D eigenvalue weighted by Crippen LogP contribution is 2.22. The number of nitrogens with one attached hydrogen (secondary N) is 1. The summed E-state index contributed by atoms with van der Waals surface area (Å²) in [6.07, 6.45) is -0.311. The summed E-state index contributed by atoms with van der Waals surface area (Å²) in [7, 11) is 0. The van der Waals surface area contributed by atoms with E-state index in [0.717, 1.165) is 16.3 Å². The zero-order valence-corrected chi connectivity index (χ0v) is 13.2. The van der Waals surface area contributed by atoms with E-state index in [-0.39, 0.29) is 19.0 Å². The highest BCUT2D eigenvalue weighted by Gasteiger charge is 2.36. The van der Waals surface area contributed by atoms with Gasteiger partial charge in [0.05, 0.1) is 18.3 Å². The van der Waals surface area contributed by atoms with Crippen LogP contribution in [0.15, 0.2) is 40.1 Å². The topological polar surface area (TPSA) is 121 Å². The molecule has 0 aliphatic carbocycles. The number of amides is 1. The Morgan fingerprint density at radius 3 is 2.60 bits per heavy atom. The van der Waals surface area contributed by atoms with Gasteiger partial charge in [0.2, 0.25) is 5.82 Å². The smallest absolute Gasteiger partial charge is 0.328 e. The number of β-amino-alcohol motifs (C(OH)–C–C–N with tert-alkyl or cyclic N) is 1. The Labute approximate surface area is 141 Å². The van der Waals surface area contributed by atoms with E-state index < -0.39 is 29.2 Å². The number of hydrogen-bond acceptors (Lipinski definition) is 5. The SMILES string of the molecule is NCc1ccc(C(=O)N2C[C@@H](O)[C@H](n3cc(F)c(=O)[nH]c3=O)C2)cc1. The van der Waals surface area contributed by atoms with Crippen molar-refractivity contribution in [3.8, 4) is 0 Å². The normalized spacial score (nSPS) is 20.0. The number of aromatic amines is 1. The number of rotatable bonds is 3. The van der Waals surface area contributed by atoms with Gasteiger partial charge in [-0.25, -0.2) is 4.79 Å². The number of aliphatic hydroxyl groups excluding tert-OH is 1. The summed E-state index contributed by atoms with van der Waals surface area (Å²) in [5.41, 5.74) is 4.86. The molecule has 1 aliphatic rings. The summed E-state index contributed by atoms with van der Waals surface area (Å²) in [6.45, 7) is 0.374. The van der Waals surface area contributed by atoms with E-state index in [9.17, 15) is 23.9 Å². The summed E-state index contributed by atoms with van der Waals surface area (Å²) < 4.78 is 14.4. The Balaban J connectivity index is 1.83. The number of aliphatic hydroxyl groups is 1. The summed E-state index contributed by atoms with van der Waals surface area (Å²) in [5, 5.41) is 10.2. The summed E-state index contributed by atoms with van der Waals surface area (Å²) >= 11 is 0. The first-order valence-electron chi connectivity index (χ1n) is 7.68. The third-order valence-corrected chi connectivity index (χ3v) is 4.26. The molecule has 1 aliphatic heterocycles. The van der Waals surface area contributed by atoms with Crippen LogP contribution in [0, 0.1) is 5.82 Å². The molecule has 4 N–H and O–H groups in total. The largest absolute Gasteiger partial charge is 0.389 e. The first kappa shape index (κ1) is 17.1. The van der Waals surface area contributed by atoms with Gasteiger partial charge in [-0.2, -0.15) is 4.39 Å². The molecule has 25 heavy (non-hydrogen) atoms.